The zero-order valence-electron chi connectivity index (χ0n) is 29.9. The van der Waals surface area contributed by atoms with Crippen molar-refractivity contribution in [2.24, 2.45) is 10.9 Å². The van der Waals surface area contributed by atoms with E-state index >= 15 is 4.39 Å². The van der Waals surface area contributed by atoms with Gasteiger partial charge in [-0.2, -0.15) is 9.29 Å². The molecule has 0 bridgehead atoms. The minimum absolute atomic E-state index is 0.00256. The minimum atomic E-state index is -1.00. The summed E-state index contributed by atoms with van der Waals surface area (Å²) in [4.78, 5) is 50.3. The molecule has 0 radical (unpaired) electrons. The number of allylic oxidation sites excluding steroid dienone is 1. The Kier molecular flexibility index (Phi) is 8.30. The lowest BCUT2D eigenvalue weighted by molar-refractivity contribution is 0.0428. The van der Waals surface area contributed by atoms with Gasteiger partial charge in [-0.15, -0.1) is 5.10 Å². The number of aromatic nitrogens is 6. The molecule has 3 atom stereocenters. The van der Waals surface area contributed by atoms with Crippen molar-refractivity contribution in [1.29, 1.82) is 0 Å². The van der Waals surface area contributed by atoms with E-state index in [9.17, 15) is 14.4 Å². The fraction of sp³-hybridized carbons (Fsp3) is 0.351. The van der Waals surface area contributed by atoms with E-state index in [0.717, 1.165) is 6.42 Å². The molecule has 54 heavy (non-hydrogen) atoms. The fourth-order valence-electron chi connectivity index (χ4n) is 6.93. The number of anilines is 1. The van der Waals surface area contributed by atoms with Gasteiger partial charge in [0.2, 0.25) is 5.95 Å². The van der Waals surface area contributed by atoms with Crippen LogP contribution in [0.2, 0.25) is 10.2 Å². The van der Waals surface area contributed by atoms with Crippen molar-refractivity contribution in [2.75, 3.05) is 4.90 Å². The SMILES string of the molecule is CC(C)(C)OC(=O)N(C(=O)OC(C)(C)C)c1noc2cc(C3=C(F)N=C([C@@H]4[C@H]5C[C@H]5c5nc(-c6cc(Cl)ccc6-n6cc(Cl)nn6)cc(=O)n54)C3)ccc12. The molecule has 1 saturated carbocycles. The molecule has 2 aromatic carbocycles. The van der Waals surface area contributed by atoms with Gasteiger partial charge in [0.1, 0.15) is 17.0 Å². The predicted molar refractivity (Wildman–Crippen MR) is 198 cm³/mol. The molecule has 278 valence electrons. The highest BCUT2D eigenvalue weighted by atomic mass is 35.5. The Morgan fingerprint density at radius 1 is 1.00 bits per heavy atom. The second-order valence-corrected chi connectivity index (χ2v) is 16.2. The topological polar surface area (TPSA) is 160 Å². The number of hydrogen-bond acceptors (Lipinski definition) is 11. The van der Waals surface area contributed by atoms with E-state index in [0.29, 0.717) is 54.9 Å². The second kappa shape index (κ2) is 12.6. The first-order valence-electron chi connectivity index (χ1n) is 17.1. The summed E-state index contributed by atoms with van der Waals surface area (Å²) >= 11 is 12.4. The van der Waals surface area contributed by atoms with Gasteiger partial charge in [-0.25, -0.2) is 24.2 Å². The van der Waals surface area contributed by atoms with E-state index in [1.54, 1.807) is 88.7 Å². The maximum absolute atomic E-state index is 15.8. The first kappa shape index (κ1) is 35.6. The summed E-state index contributed by atoms with van der Waals surface area (Å²) in [6.45, 7) is 9.99. The quantitative estimate of drug-likeness (QED) is 0.159. The lowest BCUT2D eigenvalue weighted by Crippen LogP contribution is -2.44. The summed E-state index contributed by atoms with van der Waals surface area (Å²) in [5.74, 6) is -0.192. The monoisotopic (exact) mass is 774 g/mol. The van der Waals surface area contributed by atoms with Crippen LogP contribution in [0.4, 0.5) is 19.8 Å². The van der Waals surface area contributed by atoms with Crippen LogP contribution in [-0.2, 0) is 9.47 Å². The molecular formula is C37H33Cl2FN8O6. The maximum Gasteiger partial charge on any atom is 0.425 e. The molecule has 0 spiro atoms. The van der Waals surface area contributed by atoms with E-state index in [1.165, 1.54) is 10.7 Å². The number of amides is 2. The Labute approximate surface area is 317 Å². The molecule has 1 aliphatic carbocycles. The summed E-state index contributed by atoms with van der Waals surface area (Å²) in [5, 5.41) is 12.9. The molecule has 5 heterocycles. The third-order valence-electron chi connectivity index (χ3n) is 9.14. The number of aliphatic imine (C=N–C) groups is 1. The average Bonchev–Trinajstić information content (AvgIpc) is 3.34. The third kappa shape index (κ3) is 6.44. The van der Waals surface area contributed by atoms with Crippen molar-refractivity contribution < 1.29 is 28.0 Å². The van der Waals surface area contributed by atoms with Crippen LogP contribution in [-0.4, -0.2) is 58.8 Å². The summed E-state index contributed by atoms with van der Waals surface area (Å²) in [6, 6.07) is 10.9. The number of halogens is 3. The number of nitrogens with zero attached hydrogens (tertiary/aromatic N) is 8. The molecule has 0 N–H and O–H groups in total. The van der Waals surface area contributed by atoms with Gasteiger partial charge in [-0.05, 0) is 89.8 Å². The molecule has 2 aliphatic heterocycles. The molecule has 5 aromatic rings. The lowest BCUT2D eigenvalue weighted by atomic mass is 9.97. The van der Waals surface area contributed by atoms with E-state index < -0.39 is 35.4 Å². The molecule has 0 unspecified atom stereocenters. The molecule has 2 amide bonds. The molecule has 17 heteroatoms. The van der Waals surface area contributed by atoms with Gasteiger partial charge < -0.3 is 14.0 Å². The maximum atomic E-state index is 15.8. The van der Waals surface area contributed by atoms with E-state index in [2.05, 4.69) is 20.5 Å². The highest BCUT2D eigenvalue weighted by Crippen LogP contribution is 2.60. The average molecular weight is 776 g/mol. The normalized spacial score (nSPS) is 19.1. The molecule has 3 aliphatic rings. The van der Waals surface area contributed by atoms with E-state index in [4.69, 9.17) is 42.2 Å². The van der Waals surface area contributed by atoms with Crippen LogP contribution in [0.5, 0.6) is 0 Å². The van der Waals surface area contributed by atoms with Crippen molar-refractivity contribution in [2.45, 2.75) is 77.5 Å². The van der Waals surface area contributed by atoms with Crippen LogP contribution < -0.4 is 10.5 Å². The van der Waals surface area contributed by atoms with Crippen LogP contribution in [0.25, 0.3) is 33.5 Å². The van der Waals surface area contributed by atoms with Crippen LogP contribution in [0.15, 0.2) is 68.9 Å². The van der Waals surface area contributed by atoms with Crippen molar-refractivity contribution in [1.82, 2.24) is 29.7 Å². The Hall–Kier alpha value is -5.41. The predicted octanol–water partition coefficient (Wildman–Crippen LogP) is 8.46. The van der Waals surface area contributed by atoms with Crippen LogP contribution >= 0.6 is 23.2 Å². The van der Waals surface area contributed by atoms with E-state index in [-0.39, 0.29) is 40.4 Å². The molecular weight excluding hydrogens is 742 g/mol. The second-order valence-electron chi connectivity index (χ2n) is 15.4. The van der Waals surface area contributed by atoms with Crippen molar-refractivity contribution in [3.8, 4) is 16.9 Å². The number of hydrogen-bond donors (Lipinski definition) is 0. The van der Waals surface area contributed by atoms with Crippen LogP contribution in [0.3, 0.4) is 0 Å². The van der Waals surface area contributed by atoms with Gasteiger partial charge in [0.15, 0.2) is 16.6 Å². The van der Waals surface area contributed by atoms with Gasteiger partial charge in [-0.1, -0.05) is 39.6 Å². The molecule has 3 aromatic heterocycles. The van der Waals surface area contributed by atoms with Crippen molar-refractivity contribution in [3.05, 3.63) is 86.5 Å². The first-order valence-corrected chi connectivity index (χ1v) is 17.8. The zero-order chi connectivity index (χ0) is 38.4. The minimum Gasteiger partial charge on any atom is -0.443 e. The Balaban J connectivity index is 1.08. The largest absolute Gasteiger partial charge is 0.443 e. The van der Waals surface area contributed by atoms with E-state index in [1.807, 2.05) is 0 Å². The van der Waals surface area contributed by atoms with Crippen LogP contribution in [0, 0.1) is 5.92 Å². The van der Waals surface area contributed by atoms with Gasteiger partial charge in [-0.3, -0.25) is 9.36 Å². The summed E-state index contributed by atoms with van der Waals surface area (Å²) in [7, 11) is 0. The number of carbonyl (C=O) groups excluding carboxylic acids is 2. The Bertz CT molecular complexity index is 2500. The Morgan fingerprint density at radius 3 is 2.39 bits per heavy atom. The van der Waals surface area contributed by atoms with Crippen molar-refractivity contribution in [3.63, 3.8) is 0 Å². The summed E-state index contributed by atoms with van der Waals surface area (Å²) in [5.41, 5.74) is 0.857. The third-order valence-corrected chi connectivity index (χ3v) is 9.55. The highest BCUT2D eigenvalue weighted by molar-refractivity contribution is 6.31. The standard InChI is InChI=1S/C37H33Cl2FN8O6/c1-36(2,3)52-34(50)48(35(51)53-37(4,5)6)33-19-9-7-17(11-27(19)54-44-33)20-14-25(41-31(20)40)30-21-13-22(21)32-42-24(15-29(49)47(30)32)23-12-18(38)8-10-26(23)46-16-28(39)43-45-46/h7-12,15-16,21-22,30H,13-14H2,1-6H3/t21-,22+,30-/m0/s1. The van der Waals surface area contributed by atoms with Gasteiger partial charge in [0.25, 0.3) is 5.56 Å². The molecule has 8 rings (SSSR count). The molecule has 14 nitrogen and oxygen atoms in total. The first-order chi connectivity index (χ1) is 25.5. The number of rotatable bonds is 5. The fourth-order valence-corrected chi connectivity index (χ4v) is 7.22. The zero-order valence-corrected chi connectivity index (χ0v) is 31.4. The molecule has 0 saturated heterocycles. The number of carbonyl (C=O) groups is 2. The summed E-state index contributed by atoms with van der Waals surface area (Å²) < 4.78 is 35.4. The number of ether oxygens (including phenoxy) is 2. The van der Waals surface area contributed by atoms with Gasteiger partial charge in [0, 0.05) is 40.3 Å². The summed E-state index contributed by atoms with van der Waals surface area (Å²) in [6.07, 6.45) is 0.446. The Morgan fingerprint density at radius 2 is 1.72 bits per heavy atom. The number of imide groups is 1. The number of benzene rings is 2. The van der Waals surface area contributed by atoms with Crippen molar-refractivity contribution >= 4 is 63.5 Å². The number of fused-ring (bicyclic) bond motifs is 4. The highest BCUT2D eigenvalue weighted by Gasteiger charge is 2.56. The van der Waals surface area contributed by atoms with Gasteiger partial charge in [0.05, 0.1) is 29.0 Å². The van der Waals surface area contributed by atoms with Crippen LogP contribution in [0.1, 0.15) is 77.7 Å². The molecule has 1 fully saturated rings. The van der Waals surface area contributed by atoms with Gasteiger partial charge >= 0.3 is 12.2 Å². The lowest BCUT2D eigenvalue weighted by Gasteiger charge is -2.27. The smallest absolute Gasteiger partial charge is 0.425 e.